The van der Waals surface area contributed by atoms with Gasteiger partial charge in [0.1, 0.15) is 6.10 Å². The average molecular weight is 264 g/mol. The Labute approximate surface area is 119 Å². The first kappa shape index (κ1) is 14.0. The minimum absolute atomic E-state index is 0.647. The number of allylic oxidation sites excluding steroid dienone is 1. The van der Waals surface area contributed by atoms with Crippen molar-refractivity contribution in [3.63, 3.8) is 0 Å². The Morgan fingerprint density at radius 1 is 1.30 bits per heavy atom. The van der Waals surface area contributed by atoms with E-state index in [1.54, 1.807) is 19.2 Å². The van der Waals surface area contributed by atoms with Crippen molar-refractivity contribution in [2.24, 2.45) is 0 Å². The topological polar surface area (TPSA) is 46.0 Å². The van der Waals surface area contributed by atoms with E-state index < -0.39 is 6.10 Å². The Hall–Kier alpha value is -2.44. The first-order valence-corrected chi connectivity index (χ1v) is 6.43. The molecule has 1 aromatic heterocycles. The van der Waals surface area contributed by atoms with E-state index in [0.717, 1.165) is 22.4 Å². The summed E-state index contributed by atoms with van der Waals surface area (Å²) in [5.41, 5.74) is 3.73. The standard InChI is InChI=1S/C17H16N2O/c1-3-6-17-16(11-12-18-19-17)15-8-5-4-7-14(15)10-9-13(2)20/h3-5,7-8,11-13,20H,1,6H2,2H3. The Balaban J connectivity index is 2.54. The molecule has 0 saturated heterocycles. The Kier molecular flexibility index (Phi) is 4.65. The van der Waals surface area contributed by atoms with Crippen LogP contribution in [0.3, 0.4) is 0 Å². The van der Waals surface area contributed by atoms with Gasteiger partial charge >= 0.3 is 0 Å². The maximum absolute atomic E-state index is 9.30. The van der Waals surface area contributed by atoms with E-state index in [4.69, 9.17) is 0 Å². The summed E-state index contributed by atoms with van der Waals surface area (Å²) in [5, 5.41) is 17.4. The predicted octanol–water partition coefficient (Wildman–Crippen LogP) is 2.60. The quantitative estimate of drug-likeness (QED) is 0.684. The Morgan fingerprint density at radius 3 is 2.85 bits per heavy atom. The fraction of sp³-hybridized carbons (Fsp3) is 0.176. The third-order valence-corrected chi connectivity index (χ3v) is 2.77. The molecule has 1 unspecified atom stereocenters. The van der Waals surface area contributed by atoms with Gasteiger partial charge in [-0.05, 0) is 24.6 Å². The largest absolute Gasteiger partial charge is 0.381 e. The number of hydrogen-bond donors (Lipinski definition) is 1. The predicted molar refractivity (Wildman–Crippen MR) is 79.9 cm³/mol. The lowest BCUT2D eigenvalue weighted by Crippen LogP contribution is -1.97. The minimum Gasteiger partial charge on any atom is -0.381 e. The highest BCUT2D eigenvalue weighted by atomic mass is 16.3. The van der Waals surface area contributed by atoms with Crippen LogP contribution in [0.5, 0.6) is 0 Å². The molecule has 1 atom stereocenters. The summed E-state index contributed by atoms with van der Waals surface area (Å²) in [6, 6.07) is 9.74. The molecule has 0 saturated carbocycles. The van der Waals surface area contributed by atoms with Crippen LogP contribution >= 0.6 is 0 Å². The molecule has 20 heavy (non-hydrogen) atoms. The van der Waals surface area contributed by atoms with Crippen LogP contribution in [0.1, 0.15) is 18.2 Å². The monoisotopic (exact) mass is 264 g/mol. The third-order valence-electron chi connectivity index (χ3n) is 2.77. The van der Waals surface area contributed by atoms with Gasteiger partial charge in [-0.3, -0.25) is 0 Å². The summed E-state index contributed by atoms with van der Waals surface area (Å²) in [6.07, 6.45) is 3.48. The van der Waals surface area contributed by atoms with Gasteiger partial charge in [-0.2, -0.15) is 10.2 Å². The second-order valence-corrected chi connectivity index (χ2v) is 4.38. The van der Waals surface area contributed by atoms with Crippen molar-refractivity contribution < 1.29 is 5.11 Å². The van der Waals surface area contributed by atoms with Crippen LogP contribution in [0.2, 0.25) is 0 Å². The van der Waals surface area contributed by atoms with Crippen molar-refractivity contribution in [2.45, 2.75) is 19.4 Å². The number of nitrogens with zero attached hydrogens (tertiary/aromatic N) is 2. The lowest BCUT2D eigenvalue weighted by Gasteiger charge is -2.08. The molecule has 0 radical (unpaired) electrons. The van der Waals surface area contributed by atoms with Gasteiger partial charge < -0.3 is 5.11 Å². The number of rotatable bonds is 3. The van der Waals surface area contributed by atoms with Crippen molar-refractivity contribution >= 4 is 0 Å². The van der Waals surface area contributed by atoms with E-state index in [1.165, 1.54) is 0 Å². The van der Waals surface area contributed by atoms with Crippen molar-refractivity contribution in [1.29, 1.82) is 0 Å². The maximum Gasteiger partial charge on any atom is 0.112 e. The third kappa shape index (κ3) is 3.31. The maximum atomic E-state index is 9.30. The first-order valence-electron chi connectivity index (χ1n) is 6.43. The van der Waals surface area contributed by atoms with Crippen LogP contribution in [-0.2, 0) is 6.42 Å². The lowest BCUT2D eigenvalue weighted by atomic mass is 9.98. The average Bonchev–Trinajstić information content (AvgIpc) is 2.46. The summed E-state index contributed by atoms with van der Waals surface area (Å²) >= 11 is 0. The highest BCUT2D eigenvalue weighted by Gasteiger charge is 2.08. The second-order valence-electron chi connectivity index (χ2n) is 4.38. The van der Waals surface area contributed by atoms with Gasteiger partial charge in [0.2, 0.25) is 0 Å². The van der Waals surface area contributed by atoms with Gasteiger partial charge in [0, 0.05) is 17.5 Å². The number of aliphatic hydroxyl groups is 1. The molecule has 2 rings (SSSR count). The molecule has 0 spiro atoms. The molecule has 0 amide bonds. The molecular weight excluding hydrogens is 248 g/mol. The van der Waals surface area contributed by atoms with Gasteiger partial charge in [-0.1, -0.05) is 36.1 Å². The highest BCUT2D eigenvalue weighted by Crippen LogP contribution is 2.25. The first-order chi connectivity index (χ1) is 9.72. The van der Waals surface area contributed by atoms with Gasteiger partial charge in [-0.15, -0.1) is 6.58 Å². The second kappa shape index (κ2) is 6.65. The molecule has 3 nitrogen and oxygen atoms in total. The van der Waals surface area contributed by atoms with Gasteiger partial charge in [-0.25, -0.2) is 0 Å². The SMILES string of the molecule is C=CCc1nnccc1-c1ccccc1C#CC(C)O. The number of aromatic nitrogens is 2. The summed E-state index contributed by atoms with van der Waals surface area (Å²) < 4.78 is 0. The fourth-order valence-electron chi connectivity index (χ4n) is 1.90. The molecule has 3 heteroatoms. The van der Waals surface area contributed by atoms with Crippen LogP contribution in [0.25, 0.3) is 11.1 Å². The molecule has 0 fully saturated rings. The number of aliphatic hydroxyl groups excluding tert-OH is 1. The Morgan fingerprint density at radius 2 is 2.10 bits per heavy atom. The van der Waals surface area contributed by atoms with E-state index in [0.29, 0.717) is 6.42 Å². The molecule has 1 aromatic carbocycles. The summed E-state index contributed by atoms with van der Waals surface area (Å²) in [4.78, 5) is 0. The number of benzene rings is 1. The zero-order valence-corrected chi connectivity index (χ0v) is 11.4. The van der Waals surface area contributed by atoms with Crippen LogP contribution in [0.4, 0.5) is 0 Å². The van der Waals surface area contributed by atoms with Crippen LogP contribution in [0.15, 0.2) is 49.2 Å². The van der Waals surface area contributed by atoms with Crippen LogP contribution < -0.4 is 0 Å². The molecular formula is C17H16N2O. The Bertz CT molecular complexity index is 666. The van der Waals surface area contributed by atoms with Crippen molar-refractivity contribution in [3.05, 3.63) is 60.4 Å². The van der Waals surface area contributed by atoms with E-state index in [-0.39, 0.29) is 0 Å². The van der Waals surface area contributed by atoms with Crippen molar-refractivity contribution in [1.82, 2.24) is 10.2 Å². The molecule has 100 valence electrons. The zero-order valence-electron chi connectivity index (χ0n) is 11.4. The fourth-order valence-corrected chi connectivity index (χ4v) is 1.90. The van der Waals surface area contributed by atoms with Crippen LogP contribution in [0, 0.1) is 11.8 Å². The summed E-state index contributed by atoms with van der Waals surface area (Å²) in [7, 11) is 0. The minimum atomic E-state index is -0.647. The van der Waals surface area contributed by atoms with E-state index in [9.17, 15) is 5.11 Å². The molecule has 2 aromatic rings. The van der Waals surface area contributed by atoms with Gasteiger partial charge in [0.05, 0.1) is 11.9 Å². The lowest BCUT2D eigenvalue weighted by molar-refractivity contribution is 0.253. The van der Waals surface area contributed by atoms with Gasteiger partial charge in [0.15, 0.2) is 0 Å². The summed E-state index contributed by atoms with van der Waals surface area (Å²) in [6.45, 7) is 5.39. The molecule has 1 heterocycles. The van der Waals surface area contributed by atoms with Crippen molar-refractivity contribution in [3.8, 4) is 23.0 Å². The number of hydrogen-bond acceptors (Lipinski definition) is 3. The normalized spacial score (nSPS) is 11.3. The summed E-state index contributed by atoms with van der Waals surface area (Å²) in [5.74, 6) is 5.78. The van der Waals surface area contributed by atoms with Gasteiger partial charge in [0.25, 0.3) is 0 Å². The van der Waals surface area contributed by atoms with Crippen LogP contribution in [-0.4, -0.2) is 21.4 Å². The molecule has 1 N–H and O–H groups in total. The zero-order chi connectivity index (χ0) is 14.4. The molecule has 0 bridgehead atoms. The van der Waals surface area contributed by atoms with E-state index in [1.807, 2.05) is 30.3 Å². The molecule has 0 aliphatic carbocycles. The smallest absolute Gasteiger partial charge is 0.112 e. The molecule has 0 aliphatic rings. The highest BCUT2D eigenvalue weighted by molar-refractivity contribution is 5.72. The van der Waals surface area contributed by atoms with E-state index in [2.05, 4.69) is 28.6 Å². The van der Waals surface area contributed by atoms with Crippen molar-refractivity contribution in [2.75, 3.05) is 0 Å². The van der Waals surface area contributed by atoms with E-state index >= 15 is 0 Å². The molecule has 0 aliphatic heterocycles.